The van der Waals surface area contributed by atoms with E-state index in [0.717, 1.165) is 57.6 Å². The van der Waals surface area contributed by atoms with Gasteiger partial charge in [0.15, 0.2) is 0 Å². The van der Waals surface area contributed by atoms with Crippen molar-refractivity contribution < 1.29 is 4.74 Å². The molecule has 1 aromatic carbocycles. The van der Waals surface area contributed by atoms with Crippen molar-refractivity contribution in [2.75, 3.05) is 26.7 Å². The predicted molar refractivity (Wildman–Crippen MR) is 104 cm³/mol. The second-order valence-electron chi connectivity index (χ2n) is 7.92. The molecule has 0 radical (unpaired) electrons. The quantitative estimate of drug-likeness (QED) is 0.917. The van der Waals surface area contributed by atoms with E-state index in [1.54, 1.807) is 0 Å². The van der Waals surface area contributed by atoms with Crippen LogP contribution in [0.15, 0.2) is 36.7 Å². The van der Waals surface area contributed by atoms with Crippen molar-refractivity contribution in [1.82, 2.24) is 20.0 Å². The SMILES string of the molecule is Cc1ccccc1-n1cc(CN(C)C2CCOC3(CCNCC3)C2)cn1. The Bertz CT molecular complexity index is 730. The fourth-order valence-corrected chi connectivity index (χ4v) is 4.42. The molecule has 2 aromatic rings. The smallest absolute Gasteiger partial charge is 0.0721 e. The summed E-state index contributed by atoms with van der Waals surface area (Å²) in [6.45, 7) is 6.12. The lowest BCUT2D eigenvalue weighted by molar-refractivity contribution is -0.119. The minimum atomic E-state index is 0.105. The molecule has 5 nitrogen and oxygen atoms in total. The fraction of sp³-hybridized carbons (Fsp3) is 0.571. The first-order valence-corrected chi connectivity index (χ1v) is 9.80. The minimum absolute atomic E-state index is 0.105. The van der Waals surface area contributed by atoms with Gasteiger partial charge in [0, 0.05) is 31.0 Å². The summed E-state index contributed by atoms with van der Waals surface area (Å²) in [6.07, 6.45) is 8.72. The van der Waals surface area contributed by atoms with Gasteiger partial charge in [-0.3, -0.25) is 4.90 Å². The number of piperidine rings is 1. The van der Waals surface area contributed by atoms with Crippen LogP contribution in [0.25, 0.3) is 5.69 Å². The van der Waals surface area contributed by atoms with Crippen LogP contribution < -0.4 is 5.32 Å². The maximum atomic E-state index is 6.23. The Morgan fingerprint density at radius 3 is 2.92 bits per heavy atom. The third kappa shape index (κ3) is 3.70. The fourth-order valence-electron chi connectivity index (χ4n) is 4.42. The number of nitrogens with zero attached hydrogens (tertiary/aromatic N) is 3. The highest BCUT2D eigenvalue weighted by Gasteiger charge is 2.39. The number of para-hydroxylation sites is 1. The lowest BCUT2D eigenvalue weighted by Crippen LogP contribution is -2.52. The standard InChI is InChI=1S/C21H30N4O/c1-17-5-3-4-6-20(17)25-16-18(14-23-25)15-24(2)19-7-12-26-21(13-19)8-10-22-11-9-21/h3-6,14,16,19,22H,7-13,15H2,1-2H3. The van der Waals surface area contributed by atoms with Crippen LogP contribution in [0.4, 0.5) is 0 Å². The van der Waals surface area contributed by atoms with Crippen molar-refractivity contribution >= 4 is 0 Å². The molecule has 4 rings (SSSR count). The average Bonchev–Trinajstić information content (AvgIpc) is 3.11. The molecule has 0 aliphatic carbocycles. The minimum Gasteiger partial charge on any atom is -0.375 e. The third-order valence-corrected chi connectivity index (χ3v) is 6.04. The summed E-state index contributed by atoms with van der Waals surface area (Å²) in [5, 5.41) is 8.04. The molecule has 2 aliphatic rings. The number of nitrogens with one attached hydrogen (secondary N) is 1. The van der Waals surface area contributed by atoms with E-state index in [2.05, 4.69) is 59.7 Å². The predicted octanol–water partition coefficient (Wildman–Crippen LogP) is 2.91. The molecule has 1 atom stereocenters. The van der Waals surface area contributed by atoms with Crippen LogP contribution in [0.5, 0.6) is 0 Å². The summed E-state index contributed by atoms with van der Waals surface area (Å²) in [6, 6.07) is 8.97. The topological polar surface area (TPSA) is 42.3 Å². The normalized spacial score (nSPS) is 22.8. The first kappa shape index (κ1) is 17.7. The van der Waals surface area contributed by atoms with Crippen LogP contribution in [-0.4, -0.2) is 53.1 Å². The molecule has 1 unspecified atom stereocenters. The Hall–Kier alpha value is -1.69. The Kier molecular flexibility index (Phi) is 5.11. The van der Waals surface area contributed by atoms with Crippen molar-refractivity contribution in [3.63, 3.8) is 0 Å². The molecule has 5 heteroatoms. The van der Waals surface area contributed by atoms with Crippen molar-refractivity contribution in [2.45, 2.75) is 50.8 Å². The molecule has 0 saturated carbocycles. The van der Waals surface area contributed by atoms with Gasteiger partial charge in [0.25, 0.3) is 0 Å². The van der Waals surface area contributed by atoms with Gasteiger partial charge < -0.3 is 10.1 Å². The van der Waals surface area contributed by atoms with Crippen molar-refractivity contribution in [1.29, 1.82) is 0 Å². The van der Waals surface area contributed by atoms with Crippen LogP contribution in [0.3, 0.4) is 0 Å². The lowest BCUT2D eigenvalue weighted by Gasteiger charge is -2.46. The summed E-state index contributed by atoms with van der Waals surface area (Å²) < 4.78 is 8.23. The van der Waals surface area contributed by atoms with Crippen LogP contribution >= 0.6 is 0 Å². The summed E-state index contributed by atoms with van der Waals surface area (Å²) in [5.74, 6) is 0. The zero-order chi connectivity index (χ0) is 18.0. The molecule has 2 aliphatic heterocycles. The molecule has 1 aromatic heterocycles. The molecule has 1 spiro atoms. The highest BCUT2D eigenvalue weighted by molar-refractivity contribution is 5.39. The van der Waals surface area contributed by atoms with Gasteiger partial charge in [-0.2, -0.15) is 5.10 Å². The number of aromatic nitrogens is 2. The maximum absolute atomic E-state index is 6.23. The molecule has 1 N–H and O–H groups in total. The number of aryl methyl sites for hydroxylation is 1. The van der Waals surface area contributed by atoms with Crippen LogP contribution in [-0.2, 0) is 11.3 Å². The van der Waals surface area contributed by atoms with E-state index in [9.17, 15) is 0 Å². The van der Waals surface area contributed by atoms with Gasteiger partial charge >= 0.3 is 0 Å². The van der Waals surface area contributed by atoms with E-state index in [-0.39, 0.29) is 5.60 Å². The van der Waals surface area contributed by atoms with E-state index >= 15 is 0 Å². The number of ether oxygens (including phenoxy) is 1. The monoisotopic (exact) mass is 354 g/mol. The summed E-state index contributed by atoms with van der Waals surface area (Å²) >= 11 is 0. The Balaban J connectivity index is 1.42. The molecule has 2 saturated heterocycles. The van der Waals surface area contributed by atoms with Gasteiger partial charge in [-0.1, -0.05) is 18.2 Å². The number of hydrogen-bond donors (Lipinski definition) is 1. The molecule has 0 bridgehead atoms. The van der Waals surface area contributed by atoms with Gasteiger partial charge in [-0.05, 0) is 64.4 Å². The van der Waals surface area contributed by atoms with Gasteiger partial charge in [-0.25, -0.2) is 4.68 Å². The van der Waals surface area contributed by atoms with Crippen molar-refractivity contribution in [3.05, 3.63) is 47.8 Å². The van der Waals surface area contributed by atoms with E-state index in [4.69, 9.17) is 4.74 Å². The highest BCUT2D eigenvalue weighted by atomic mass is 16.5. The average molecular weight is 354 g/mol. The van der Waals surface area contributed by atoms with Crippen LogP contribution in [0.2, 0.25) is 0 Å². The van der Waals surface area contributed by atoms with Crippen LogP contribution in [0.1, 0.15) is 36.8 Å². The van der Waals surface area contributed by atoms with E-state index in [0.29, 0.717) is 6.04 Å². The van der Waals surface area contributed by atoms with Crippen molar-refractivity contribution in [2.24, 2.45) is 0 Å². The first-order valence-electron chi connectivity index (χ1n) is 9.80. The van der Waals surface area contributed by atoms with E-state index in [1.165, 1.54) is 11.1 Å². The molecule has 140 valence electrons. The van der Waals surface area contributed by atoms with E-state index in [1.807, 2.05) is 10.9 Å². The molecule has 0 amide bonds. The van der Waals surface area contributed by atoms with Gasteiger partial charge in [0.05, 0.1) is 17.5 Å². The molecule has 2 fully saturated rings. The molecular formula is C21H30N4O. The van der Waals surface area contributed by atoms with E-state index < -0.39 is 0 Å². The zero-order valence-electron chi connectivity index (χ0n) is 15.9. The molecular weight excluding hydrogens is 324 g/mol. The van der Waals surface area contributed by atoms with Gasteiger partial charge in [0.1, 0.15) is 0 Å². The summed E-state index contributed by atoms with van der Waals surface area (Å²) in [4.78, 5) is 2.49. The van der Waals surface area contributed by atoms with Gasteiger partial charge in [-0.15, -0.1) is 0 Å². The second kappa shape index (κ2) is 7.51. The summed E-state index contributed by atoms with van der Waals surface area (Å²) in [7, 11) is 2.25. The largest absolute Gasteiger partial charge is 0.375 e. The first-order chi connectivity index (χ1) is 12.7. The number of rotatable bonds is 4. The van der Waals surface area contributed by atoms with Gasteiger partial charge in [0.2, 0.25) is 0 Å². The second-order valence-corrected chi connectivity index (χ2v) is 7.92. The Morgan fingerprint density at radius 1 is 1.31 bits per heavy atom. The maximum Gasteiger partial charge on any atom is 0.0721 e. The lowest BCUT2D eigenvalue weighted by atomic mass is 9.82. The Morgan fingerprint density at radius 2 is 2.12 bits per heavy atom. The van der Waals surface area contributed by atoms with Crippen LogP contribution in [0, 0.1) is 6.92 Å². The highest BCUT2D eigenvalue weighted by Crippen LogP contribution is 2.35. The summed E-state index contributed by atoms with van der Waals surface area (Å²) in [5.41, 5.74) is 3.77. The molecule has 26 heavy (non-hydrogen) atoms. The zero-order valence-corrected chi connectivity index (χ0v) is 15.9. The molecule has 3 heterocycles. The third-order valence-electron chi connectivity index (χ3n) is 6.04. The number of hydrogen-bond acceptors (Lipinski definition) is 4. The Labute approximate surface area is 156 Å². The van der Waals surface area contributed by atoms with Crippen molar-refractivity contribution in [3.8, 4) is 5.69 Å². The number of benzene rings is 1.